The van der Waals surface area contributed by atoms with Crippen LogP contribution in [-0.4, -0.2) is 0 Å². The molecule has 0 unspecified atom stereocenters. The van der Waals surface area contributed by atoms with Gasteiger partial charge in [-0.25, -0.2) is 0 Å². The summed E-state index contributed by atoms with van der Waals surface area (Å²) in [7, 11) is 0. The van der Waals surface area contributed by atoms with E-state index in [0.29, 0.717) is 0 Å². The Morgan fingerprint density at radius 1 is 0.652 bits per heavy atom. The van der Waals surface area contributed by atoms with Crippen molar-refractivity contribution < 1.29 is 4.42 Å². The zero-order valence-corrected chi connectivity index (χ0v) is 15.7. The summed E-state index contributed by atoms with van der Waals surface area (Å²) in [4.78, 5) is 0. The first-order valence-electron chi connectivity index (χ1n) is 7.35. The molecule has 0 saturated heterocycles. The quantitative estimate of drug-likeness (QED) is 0.216. The number of hydrogen-bond donors (Lipinski definition) is 0. The van der Waals surface area contributed by atoms with E-state index in [-0.39, 0.29) is 0 Å². The van der Waals surface area contributed by atoms with Crippen molar-refractivity contribution in [3.63, 3.8) is 0 Å². The Labute approximate surface area is 154 Å². The average molecular weight is 473 g/mol. The molecule has 0 spiro atoms. The molecular formula is C20H10BrIO. The third-order valence-electron chi connectivity index (χ3n) is 4.41. The minimum Gasteiger partial charge on any atom is -0.456 e. The van der Waals surface area contributed by atoms with Gasteiger partial charge in [0.1, 0.15) is 11.2 Å². The summed E-state index contributed by atoms with van der Waals surface area (Å²) in [5, 5.41) is 7.24. The highest BCUT2D eigenvalue weighted by atomic mass is 127. The van der Waals surface area contributed by atoms with E-state index in [1.165, 1.54) is 35.9 Å². The second-order valence-corrected chi connectivity index (χ2v) is 7.67. The van der Waals surface area contributed by atoms with Gasteiger partial charge < -0.3 is 4.42 Å². The van der Waals surface area contributed by atoms with Crippen LogP contribution in [0.5, 0.6) is 0 Å². The second kappa shape index (κ2) is 4.95. The lowest BCUT2D eigenvalue weighted by atomic mass is 10.00. The summed E-state index contributed by atoms with van der Waals surface area (Å²) in [6, 6.07) is 21.2. The molecular weight excluding hydrogens is 463 g/mol. The first-order chi connectivity index (χ1) is 11.2. The maximum Gasteiger partial charge on any atom is 0.135 e. The van der Waals surface area contributed by atoms with E-state index in [9.17, 15) is 0 Å². The predicted molar refractivity (Wildman–Crippen MR) is 109 cm³/mol. The second-order valence-electron chi connectivity index (χ2n) is 5.65. The van der Waals surface area contributed by atoms with Crippen LogP contribution in [0.4, 0.5) is 0 Å². The fraction of sp³-hybridized carbons (Fsp3) is 0. The van der Waals surface area contributed by atoms with E-state index in [1.807, 2.05) is 6.07 Å². The minimum atomic E-state index is 0.914. The molecule has 0 bridgehead atoms. The Hall–Kier alpha value is -1.59. The number of fused-ring (bicyclic) bond motifs is 1. The molecule has 23 heavy (non-hydrogen) atoms. The van der Waals surface area contributed by atoms with Crippen molar-refractivity contribution >= 4 is 82.0 Å². The van der Waals surface area contributed by atoms with Crippen LogP contribution < -0.4 is 0 Å². The number of hydrogen-bond acceptors (Lipinski definition) is 1. The van der Waals surface area contributed by atoms with E-state index >= 15 is 0 Å². The van der Waals surface area contributed by atoms with E-state index in [4.69, 9.17) is 4.42 Å². The largest absolute Gasteiger partial charge is 0.456 e. The first kappa shape index (κ1) is 13.8. The molecule has 0 amide bonds. The predicted octanol–water partition coefficient (Wildman–Crippen LogP) is 7.26. The van der Waals surface area contributed by atoms with Gasteiger partial charge in [0.2, 0.25) is 0 Å². The normalized spacial score (nSPS) is 11.9. The van der Waals surface area contributed by atoms with Gasteiger partial charge in [0.25, 0.3) is 0 Å². The lowest BCUT2D eigenvalue weighted by molar-refractivity contribution is 0.664. The highest BCUT2D eigenvalue weighted by Crippen LogP contribution is 2.39. The highest BCUT2D eigenvalue weighted by Gasteiger charge is 2.13. The van der Waals surface area contributed by atoms with Crippen LogP contribution >= 0.6 is 38.5 Å². The average Bonchev–Trinajstić information content (AvgIpc) is 2.72. The molecule has 3 heteroatoms. The van der Waals surface area contributed by atoms with Crippen molar-refractivity contribution in [2.24, 2.45) is 0 Å². The summed E-state index contributed by atoms with van der Waals surface area (Å²) < 4.78 is 8.67. The van der Waals surface area contributed by atoms with E-state index < -0.39 is 0 Å². The maximum absolute atomic E-state index is 6.33. The van der Waals surface area contributed by atoms with E-state index in [2.05, 4.69) is 93.1 Å². The molecule has 110 valence electrons. The molecule has 0 aliphatic rings. The van der Waals surface area contributed by atoms with Gasteiger partial charge in [0, 0.05) is 24.2 Å². The van der Waals surface area contributed by atoms with Crippen LogP contribution in [0.1, 0.15) is 0 Å². The smallest absolute Gasteiger partial charge is 0.135 e. The zero-order valence-electron chi connectivity index (χ0n) is 11.9. The number of benzene rings is 4. The fourth-order valence-corrected chi connectivity index (χ4v) is 4.51. The lowest BCUT2D eigenvalue weighted by Crippen LogP contribution is -1.80. The van der Waals surface area contributed by atoms with Crippen LogP contribution in [0.2, 0.25) is 0 Å². The molecule has 0 radical (unpaired) electrons. The summed E-state index contributed by atoms with van der Waals surface area (Å²) in [5.74, 6) is 0. The molecule has 0 aliphatic heterocycles. The van der Waals surface area contributed by atoms with Gasteiger partial charge in [-0.05, 0) is 63.0 Å². The molecule has 1 heterocycles. The van der Waals surface area contributed by atoms with Crippen LogP contribution in [0.15, 0.2) is 69.6 Å². The Kier molecular flexibility index (Phi) is 2.97. The highest BCUT2D eigenvalue weighted by molar-refractivity contribution is 14.1. The maximum atomic E-state index is 6.33. The molecule has 5 aromatic rings. The minimum absolute atomic E-state index is 0.914. The van der Waals surface area contributed by atoms with Gasteiger partial charge in [-0.2, -0.15) is 0 Å². The van der Waals surface area contributed by atoms with Gasteiger partial charge in [-0.15, -0.1) is 0 Å². The molecule has 5 rings (SSSR count). The van der Waals surface area contributed by atoms with Crippen molar-refractivity contribution in [1.29, 1.82) is 0 Å². The SMILES string of the molecule is Brc1ccc2oc3ccc(I)c4cccc(c5cccc1c25)c34. The van der Waals surface area contributed by atoms with Crippen LogP contribution in [-0.2, 0) is 0 Å². The Bertz CT molecular complexity index is 1140. The summed E-state index contributed by atoms with van der Waals surface area (Å²) in [6.07, 6.45) is 0. The Morgan fingerprint density at radius 3 is 1.96 bits per heavy atom. The van der Waals surface area contributed by atoms with Crippen LogP contribution in [0.25, 0.3) is 43.5 Å². The van der Waals surface area contributed by atoms with Crippen molar-refractivity contribution in [3.8, 4) is 0 Å². The van der Waals surface area contributed by atoms with Crippen molar-refractivity contribution in [2.75, 3.05) is 0 Å². The summed E-state index contributed by atoms with van der Waals surface area (Å²) >= 11 is 6.06. The van der Waals surface area contributed by atoms with Gasteiger partial charge in [0.15, 0.2) is 0 Å². The zero-order chi connectivity index (χ0) is 15.6. The van der Waals surface area contributed by atoms with Crippen molar-refractivity contribution in [2.45, 2.75) is 0 Å². The Balaban J connectivity index is 2.27. The molecule has 0 aliphatic carbocycles. The Morgan fingerprint density at radius 2 is 1.22 bits per heavy atom. The van der Waals surface area contributed by atoms with Gasteiger partial charge >= 0.3 is 0 Å². The molecule has 0 N–H and O–H groups in total. The lowest BCUT2D eigenvalue weighted by Gasteiger charge is -2.05. The molecule has 4 aromatic carbocycles. The first-order valence-corrected chi connectivity index (χ1v) is 9.22. The molecule has 1 nitrogen and oxygen atoms in total. The van der Waals surface area contributed by atoms with Crippen molar-refractivity contribution in [3.05, 3.63) is 68.7 Å². The van der Waals surface area contributed by atoms with Crippen LogP contribution in [0.3, 0.4) is 0 Å². The molecule has 0 fully saturated rings. The van der Waals surface area contributed by atoms with E-state index in [0.717, 1.165) is 15.6 Å². The van der Waals surface area contributed by atoms with Gasteiger partial charge in [0.05, 0.1) is 0 Å². The molecule has 0 saturated carbocycles. The van der Waals surface area contributed by atoms with Gasteiger partial charge in [-0.3, -0.25) is 0 Å². The van der Waals surface area contributed by atoms with E-state index in [1.54, 1.807) is 0 Å². The summed E-state index contributed by atoms with van der Waals surface area (Å²) in [6.45, 7) is 0. The van der Waals surface area contributed by atoms with Gasteiger partial charge in [-0.1, -0.05) is 52.3 Å². The topological polar surface area (TPSA) is 13.1 Å². The third kappa shape index (κ3) is 1.90. The third-order valence-corrected chi connectivity index (χ3v) is 6.04. The number of rotatable bonds is 0. The fourth-order valence-electron chi connectivity index (χ4n) is 3.41. The monoisotopic (exact) mass is 472 g/mol. The van der Waals surface area contributed by atoms with Crippen molar-refractivity contribution in [1.82, 2.24) is 0 Å². The summed E-state index contributed by atoms with van der Waals surface area (Å²) in [5.41, 5.74) is 1.84. The number of halogens is 2. The molecule has 0 atom stereocenters. The molecule has 1 aromatic heterocycles. The van der Waals surface area contributed by atoms with Crippen LogP contribution in [0, 0.1) is 3.57 Å². The standard InChI is InChI=1S/C20H10BrIO/c21-15-7-9-17-19-11(3-1-5-13(15)19)12-4-2-6-14-16(22)8-10-18(23-17)20(12)14/h1-10H.